The Hall–Kier alpha value is -3.40. The Morgan fingerprint density at radius 3 is 2.52 bits per heavy atom. The molecule has 1 saturated heterocycles. The van der Waals surface area contributed by atoms with E-state index in [4.69, 9.17) is 21.7 Å². The number of nitrogens with zero attached hydrogens (tertiary/aromatic N) is 1. The number of hydrogen-bond donors (Lipinski definition) is 1. The van der Waals surface area contributed by atoms with Crippen LogP contribution in [0.15, 0.2) is 48.0 Å². The molecule has 2 aromatic rings. The third-order valence-corrected chi connectivity index (χ3v) is 4.62. The summed E-state index contributed by atoms with van der Waals surface area (Å²) in [4.78, 5) is 26.3. The quantitative estimate of drug-likeness (QED) is 0.425. The Morgan fingerprint density at radius 2 is 1.87 bits per heavy atom. The fourth-order valence-corrected chi connectivity index (χ4v) is 3.21. The molecule has 1 N–H and O–H groups in total. The van der Waals surface area contributed by atoms with E-state index >= 15 is 0 Å². The number of anilines is 1. The lowest BCUT2D eigenvalue weighted by molar-refractivity contribution is -0.137. The summed E-state index contributed by atoms with van der Waals surface area (Å²) >= 11 is 5.03. The second kappa shape index (κ2) is 8.76. The molecule has 1 fully saturated rings. The molecule has 162 valence electrons. The predicted octanol–water partition coefficient (Wildman–Crippen LogP) is 3.94. The van der Waals surface area contributed by atoms with Gasteiger partial charge in [0.05, 0.1) is 25.0 Å². The van der Waals surface area contributed by atoms with Crippen LogP contribution in [0, 0.1) is 0 Å². The zero-order valence-electron chi connectivity index (χ0n) is 16.4. The van der Waals surface area contributed by atoms with Gasteiger partial charge in [-0.25, -0.2) is 0 Å². The van der Waals surface area contributed by atoms with Crippen LogP contribution < -0.4 is 19.7 Å². The Bertz CT molecular complexity index is 1080. The minimum Gasteiger partial charge on any atom is -0.493 e. The van der Waals surface area contributed by atoms with Crippen LogP contribution in [0.25, 0.3) is 6.08 Å². The van der Waals surface area contributed by atoms with Crippen LogP contribution in [0.3, 0.4) is 0 Å². The van der Waals surface area contributed by atoms with Crippen molar-refractivity contribution >= 4 is 40.9 Å². The maximum atomic E-state index is 13.1. The summed E-state index contributed by atoms with van der Waals surface area (Å²) in [6.45, 7) is 2.16. The highest BCUT2D eigenvalue weighted by atomic mass is 32.1. The van der Waals surface area contributed by atoms with Gasteiger partial charge in [-0.1, -0.05) is 12.1 Å². The lowest BCUT2D eigenvalue weighted by atomic mass is 10.1. The SMILES string of the molecule is CCOc1cc(/C=C2\C(=O)NC(=S)N(c3cccc(C(F)(F)F)c3)C2=O)ccc1OC. The monoisotopic (exact) mass is 450 g/mol. The zero-order valence-corrected chi connectivity index (χ0v) is 17.3. The van der Waals surface area contributed by atoms with Gasteiger partial charge in [-0.3, -0.25) is 19.8 Å². The Balaban J connectivity index is 2.01. The highest BCUT2D eigenvalue weighted by Crippen LogP contribution is 2.33. The van der Waals surface area contributed by atoms with E-state index in [9.17, 15) is 22.8 Å². The largest absolute Gasteiger partial charge is 0.493 e. The number of benzene rings is 2. The van der Waals surface area contributed by atoms with Gasteiger partial charge in [0.2, 0.25) is 0 Å². The van der Waals surface area contributed by atoms with Gasteiger partial charge in [0.15, 0.2) is 16.6 Å². The molecular weight excluding hydrogens is 433 g/mol. The van der Waals surface area contributed by atoms with Crippen molar-refractivity contribution in [2.75, 3.05) is 18.6 Å². The third kappa shape index (κ3) is 4.69. The maximum absolute atomic E-state index is 13.1. The fourth-order valence-electron chi connectivity index (χ4n) is 2.93. The fraction of sp³-hybridized carbons (Fsp3) is 0.190. The van der Waals surface area contributed by atoms with Crippen molar-refractivity contribution < 1.29 is 32.2 Å². The van der Waals surface area contributed by atoms with Gasteiger partial charge in [0.25, 0.3) is 11.8 Å². The first-order chi connectivity index (χ1) is 14.7. The van der Waals surface area contributed by atoms with Crippen LogP contribution in [0.2, 0.25) is 0 Å². The molecule has 0 aliphatic carbocycles. The number of hydrogen-bond acceptors (Lipinski definition) is 5. The minimum absolute atomic E-state index is 0.111. The molecule has 31 heavy (non-hydrogen) atoms. The van der Waals surface area contributed by atoms with E-state index in [1.54, 1.807) is 25.1 Å². The van der Waals surface area contributed by atoms with Gasteiger partial charge >= 0.3 is 6.18 Å². The van der Waals surface area contributed by atoms with Crippen LogP contribution in [0.1, 0.15) is 18.1 Å². The van der Waals surface area contributed by atoms with Crippen molar-refractivity contribution in [1.29, 1.82) is 0 Å². The molecule has 10 heteroatoms. The van der Waals surface area contributed by atoms with Gasteiger partial charge < -0.3 is 9.47 Å². The molecular formula is C21H17F3N2O4S. The smallest absolute Gasteiger partial charge is 0.416 e. The van der Waals surface area contributed by atoms with Crippen molar-refractivity contribution in [3.63, 3.8) is 0 Å². The van der Waals surface area contributed by atoms with Gasteiger partial charge in [-0.05, 0) is 61.1 Å². The molecule has 6 nitrogen and oxygen atoms in total. The molecule has 2 aromatic carbocycles. The van der Waals surface area contributed by atoms with Crippen LogP contribution in [-0.4, -0.2) is 30.6 Å². The normalized spacial score (nSPS) is 15.8. The molecule has 0 bridgehead atoms. The van der Waals surface area contributed by atoms with Crippen molar-refractivity contribution in [2.24, 2.45) is 0 Å². The van der Waals surface area contributed by atoms with E-state index < -0.39 is 23.6 Å². The number of methoxy groups -OCH3 is 1. The van der Waals surface area contributed by atoms with E-state index in [1.165, 1.54) is 19.3 Å². The number of carbonyl (C=O) groups is 2. The predicted molar refractivity (Wildman–Crippen MR) is 112 cm³/mol. The second-order valence-electron chi connectivity index (χ2n) is 6.35. The van der Waals surface area contributed by atoms with E-state index in [0.717, 1.165) is 23.1 Å². The van der Waals surface area contributed by atoms with Crippen LogP contribution in [-0.2, 0) is 15.8 Å². The summed E-state index contributed by atoms with van der Waals surface area (Å²) in [7, 11) is 1.47. The summed E-state index contributed by atoms with van der Waals surface area (Å²) in [6, 6.07) is 8.93. The van der Waals surface area contributed by atoms with Crippen LogP contribution >= 0.6 is 12.2 Å². The van der Waals surface area contributed by atoms with E-state index in [2.05, 4.69) is 5.32 Å². The standard InChI is InChI=1S/C21H17F3N2O4S/c1-3-30-17-10-12(7-8-16(17)29-2)9-15-18(27)25-20(31)26(19(15)28)14-6-4-5-13(11-14)21(22,23)24/h4-11H,3H2,1-2H3,(H,25,27,31)/b15-9+. The van der Waals surface area contributed by atoms with Crippen molar-refractivity contribution in [3.8, 4) is 11.5 Å². The highest BCUT2D eigenvalue weighted by Gasteiger charge is 2.36. The Kier molecular flexibility index (Phi) is 6.30. The first-order valence-corrected chi connectivity index (χ1v) is 9.46. The molecule has 1 heterocycles. The minimum atomic E-state index is -4.60. The number of amides is 2. The number of rotatable bonds is 5. The number of nitrogens with one attached hydrogen (secondary N) is 1. The number of thiocarbonyl (C=S) groups is 1. The summed E-state index contributed by atoms with van der Waals surface area (Å²) in [5.74, 6) is -0.725. The Labute approximate surface area is 181 Å². The first-order valence-electron chi connectivity index (χ1n) is 9.05. The number of halogens is 3. The Morgan fingerprint density at radius 1 is 1.13 bits per heavy atom. The van der Waals surface area contributed by atoms with Crippen molar-refractivity contribution in [3.05, 3.63) is 59.2 Å². The maximum Gasteiger partial charge on any atom is 0.416 e. The van der Waals surface area contributed by atoms with E-state index in [0.29, 0.717) is 23.7 Å². The molecule has 0 radical (unpaired) electrons. The molecule has 1 aliphatic rings. The molecule has 0 atom stereocenters. The topological polar surface area (TPSA) is 67.9 Å². The average molecular weight is 450 g/mol. The first kappa shape index (κ1) is 22.3. The van der Waals surface area contributed by atoms with E-state index in [1.807, 2.05) is 0 Å². The molecule has 0 saturated carbocycles. The summed E-state index contributed by atoms with van der Waals surface area (Å²) in [5, 5.41) is 2.03. The number of ether oxygens (including phenoxy) is 2. The molecule has 0 aromatic heterocycles. The third-order valence-electron chi connectivity index (χ3n) is 4.33. The van der Waals surface area contributed by atoms with Crippen molar-refractivity contribution in [2.45, 2.75) is 13.1 Å². The van der Waals surface area contributed by atoms with Crippen LogP contribution in [0.4, 0.5) is 18.9 Å². The number of carbonyl (C=O) groups excluding carboxylic acids is 2. The zero-order chi connectivity index (χ0) is 22.8. The number of alkyl halides is 3. The summed E-state index contributed by atoms with van der Waals surface area (Å²) < 4.78 is 49.9. The van der Waals surface area contributed by atoms with Gasteiger partial charge in [-0.15, -0.1) is 0 Å². The summed E-state index contributed by atoms with van der Waals surface area (Å²) in [5.41, 5.74) is -0.891. The van der Waals surface area contributed by atoms with E-state index in [-0.39, 0.29) is 16.4 Å². The molecule has 0 spiro atoms. The molecule has 0 unspecified atom stereocenters. The van der Waals surface area contributed by atoms with Crippen LogP contribution in [0.5, 0.6) is 11.5 Å². The lowest BCUT2D eigenvalue weighted by Crippen LogP contribution is -2.54. The second-order valence-corrected chi connectivity index (χ2v) is 6.74. The lowest BCUT2D eigenvalue weighted by Gasteiger charge is -2.29. The van der Waals surface area contributed by atoms with Gasteiger partial charge in [0.1, 0.15) is 5.57 Å². The average Bonchev–Trinajstić information content (AvgIpc) is 2.71. The molecule has 2 amide bonds. The van der Waals surface area contributed by atoms with Gasteiger partial charge in [0, 0.05) is 0 Å². The molecule has 1 aliphatic heterocycles. The highest BCUT2D eigenvalue weighted by molar-refractivity contribution is 7.80. The molecule has 3 rings (SSSR count). The van der Waals surface area contributed by atoms with Gasteiger partial charge in [-0.2, -0.15) is 13.2 Å². The van der Waals surface area contributed by atoms with Crippen molar-refractivity contribution in [1.82, 2.24) is 5.32 Å². The summed E-state index contributed by atoms with van der Waals surface area (Å²) in [6.07, 6.45) is -3.29.